The summed E-state index contributed by atoms with van der Waals surface area (Å²) in [5, 5.41) is 1.48. The van der Waals surface area contributed by atoms with E-state index in [0.29, 0.717) is 0 Å². The highest BCUT2D eigenvalue weighted by molar-refractivity contribution is 6.33. The van der Waals surface area contributed by atoms with Gasteiger partial charge in [0.05, 0.1) is 0 Å². The topological polar surface area (TPSA) is 0 Å². The summed E-state index contributed by atoms with van der Waals surface area (Å²) in [7, 11) is 0. The van der Waals surface area contributed by atoms with E-state index in [-0.39, 0.29) is 0 Å². The van der Waals surface area contributed by atoms with Crippen molar-refractivity contribution in [3.8, 4) is 11.1 Å². The maximum absolute atomic E-state index is 6.14. The van der Waals surface area contributed by atoms with Crippen molar-refractivity contribution >= 4 is 23.2 Å². The number of halogens is 2. The number of rotatable bonds is 1. The lowest BCUT2D eigenvalue weighted by molar-refractivity contribution is 1.46. The first-order valence-corrected chi connectivity index (χ1v) is 5.45. The molecule has 0 aliphatic heterocycles. The lowest BCUT2D eigenvalue weighted by atomic mass is 10.0. The second-order valence-corrected chi connectivity index (χ2v) is 4.28. The van der Waals surface area contributed by atoms with Gasteiger partial charge in [0.2, 0.25) is 0 Å². The van der Waals surface area contributed by atoms with Crippen LogP contribution in [0.1, 0.15) is 5.56 Å². The van der Waals surface area contributed by atoms with Crippen molar-refractivity contribution in [2.24, 2.45) is 0 Å². The van der Waals surface area contributed by atoms with Gasteiger partial charge in [-0.2, -0.15) is 0 Å². The van der Waals surface area contributed by atoms with Crippen LogP contribution >= 0.6 is 23.2 Å². The van der Waals surface area contributed by atoms with E-state index in [1.807, 2.05) is 42.5 Å². The first kappa shape index (κ1) is 10.5. The Balaban J connectivity index is 2.64. The van der Waals surface area contributed by atoms with E-state index in [1.54, 1.807) is 0 Å². The molecule has 0 saturated heterocycles. The summed E-state index contributed by atoms with van der Waals surface area (Å²) in [6, 6.07) is 13.6. The molecule has 2 rings (SSSR count). The molecule has 0 fully saturated rings. The molecule has 2 heteroatoms. The highest BCUT2D eigenvalue weighted by atomic mass is 35.5. The lowest BCUT2D eigenvalue weighted by Crippen LogP contribution is -1.84. The molecule has 15 heavy (non-hydrogen) atoms. The standard InChI is InChI=1S/C13H10Cl2/c1-9-6-7-10(14)8-12(9)11-4-2-3-5-13(11)15/h2-8H,1H3. The Morgan fingerprint density at radius 2 is 1.60 bits per heavy atom. The molecule has 0 radical (unpaired) electrons. The largest absolute Gasteiger partial charge is 0.0843 e. The number of hydrogen-bond acceptors (Lipinski definition) is 0. The van der Waals surface area contributed by atoms with Crippen molar-refractivity contribution in [2.75, 3.05) is 0 Å². The summed E-state index contributed by atoms with van der Waals surface area (Å²) in [5.74, 6) is 0. The Bertz CT molecular complexity index is 490. The predicted molar refractivity (Wildman–Crippen MR) is 66.6 cm³/mol. The Morgan fingerprint density at radius 1 is 0.867 bits per heavy atom. The fourth-order valence-corrected chi connectivity index (χ4v) is 1.97. The van der Waals surface area contributed by atoms with Gasteiger partial charge in [0, 0.05) is 15.6 Å². The molecule has 2 aromatic rings. The highest BCUT2D eigenvalue weighted by Crippen LogP contribution is 2.31. The zero-order valence-electron chi connectivity index (χ0n) is 8.30. The molecule has 0 aliphatic rings. The van der Waals surface area contributed by atoms with Gasteiger partial charge in [0.1, 0.15) is 0 Å². The van der Waals surface area contributed by atoms with E-state index in [2.05, 4.69) is 6.92 Å². The third-order valence-electron chi connectivity index (χ3n) is 2.36. The molecule has 0 spiro atoms. The molecule has 0 aromatic heterocycles. The summed E-state index contributed by atoms with van der Waals surface area (Å²) in [6.45, 7) is 2.05. The number of aryl methyl sites for hydroxylation is 1. The molecule has 0 N–H and O–H groups in total. The zero-order chi connectivity index (χ0) is 10.8. The van der Waals surface area contributed by atoms with Crippen LogP contribution in [0, 0.1) is 6.92 Å². The molecule has 0 amide bonds. The lowest BCUT2D eigenvalue weighted by Gasteiger charge is -2.08. The fraction of sp³-hybridized carbons (Fsp3) is 0.0769. The van der Waals surface area contributed by atoms with Crippen LogP contribution in [0.25, 0.3) is 11.1 Å². The molecule has 0 saturated carbocycles. The minimum atomic E-state index is 0.732. The average molecular weight is 237 g/mol. The van der Waals surface area contributed by atoms with E-state index in [0.717, 1.165) is 21.2 Å². The zero-order valence-corrected chi connectivity index (χ0v) is 9.81. The number of benzene rings is 2. The maximum atomic E-state index is 6.14. The summed E-state index contributed by atoms with van der Waals surface area (Å²) < 4.78 is 0. The van der Waals surface area contributed by atoms with E-state index in [4.69, 9.17) is 23.2 Å². The highest BCUT2D eigenvalue weighted by Gasteiger charge is 2.05. The van der Waals surface area contributed by atoms with Crippen LogP contribution < -0.4 is 0 Å². The van der Waals surface area contributed by atoms with Crippen LogP contribution in [0.5, 0.6) is 0 Å². The van der Waals surface area contributed by atoms with Gasteiger partial charge in [-0.3, -0.25) is 0 Å². The monoisotopic (exact) mass is 236 g/mol. The molecule has 0 nitrogen and oxygen atoms in total. The summed E-state index contributed by atoms with van der Waals surface area (Å²) in [5.41, 5.74) is 3.29. The van der Waals surface area contributed by atoms with Gasteiger partial charge in [-0.1, -0.05) is 47.5 Å². The van der Waals surface area contributed by atoms with Gasteiger partial charge >= 0.3 is 0 Å². The smallest absolute Gasteiger partial charge is 0.0484 e. The van der Waals surface area contributed by atoms with Crippen molar-refractivity contribution in [3.05, 3.63) is 58.1 Å². The second kappa shape index (κ2) is 4.26. The van der Waals surface area contributed by atoms with Crippen LogP contribution in [0.15, 0.2) is 42.5 Å². The molecule has 0 aliphatic carbocycles. The molecule has 0 heterocycles. The summed E-state index contributed by atoms with van der Waals surface area (Å²) in [6.07, 6.45) is 0. The Labute approximate surface area is 99.5 Å². The molecule has 0 unspecified atom stereocenters. The van der Waals surface area contributed by atoms with Crippen molar-refractivity contribution in [1.82, 2.24) is 0 Å². The van der Waals surface area contributed by atoms with Crippen molar-refractivity contribution in [1.29, 1.82) is 0 Å². The molecule has 0 bridgehead atoms. The SMILES string of the molecule is Cc1ccc(Cl)cc1-c1ccccc1Cl. The quantitative estimate of drug-likeness (QED) is 0.656. The van der Waals surface area contributed by atoms with E-state index < -0.39 is 0 Å². The molecular formula is C13H10Cl2. The van der Waals surface area contributed by atoms with E-state index in [9.17, 15) is 0 Å². The number of hydrogen-bond donors (Lipinski definition) is 0. The van der Waals surface area contributed by atoms with Gasteiger partial charge in [-0.25, -0.2) is 0 Å². The third-order valence-corrected chi connectivity index (χ3v) is 2.93. The average Bonchev–Trinajstić information content (AvgIpc) is 2.23. The van der Waals surface area contributed by atoms with Gasteiger partial charge < -0.3 is 0 Å². The van der Waals surface area contributed by atoms with Crippen LogP contribution in [0.4, 0.5) is 0 Å². The Hall–Kier alpha value is -0.980. The van der Waals surface area contributed by atoms with Crippen molar-refractivity contribution < 1.29 is 0 Å². The van der Waals surface area contributed by atoms with Crippen LogP contribution in [-0.4, -0.2) is 0 Å². The van der Waals surface area contributed by atoms with Gasteiger partial charge in [0.25, 0.3) is 0 Å². The second-order valence-electron chi connectivity index (χ2n) is 3.44. The van der Waals surface area contributed by atoms with Crippen LogP contribution in [0.3, 0.4) is 0 Å². The molecule has 2 aromatic carbocycles. The van der Waals surface area contributed by atoms with Crippen molar-refractivity contribution in [2.45, 2.75) is 6.92 Å². The molecular weight excluding hydrogens is 227 g/mol. The van der Waals surface area contributed by atoms with Gasteiger partial charge in [-0.15, -0.1) is 0 Å². The molecule has 76 valence electrons. The normalized spacial score (nSPS) is 10.3. The first-order valence-electron chi connectivity index (χ1n) is 4.69. The predicted octanol–water partition coefficient (Wildman–Crippen LogP) is 4.97. The van der Waals surface area contributed by atoms with Crippen molar-refractivity contribution in [3.63, 3.8) is 0 Å². The maximum Gasteiger partial charge on any atom is 0.0484 e. The summed E-state index contributed by atoms with van der Waals surface area (Å²) in [4.78, 5) is 0. The van der Waals surface area contributed by atoms with E-state index >= 15 is 0 Å². The molecule has 0 atom stereocenters. The minimum absolute atomic E-state index is 0.732. The Kier molecular flexibility index (Phi) is 2.99. The van der Waals surface area contributed by atoms with E-state index in [1.165, 1.54) is 5.56 Å². The minimum Gasteiger partial charge on any atom is -0.0843 e. The fourth-order valence-electron chi connectivity index (χ4n) is 1.56. The van der Waals surface area contributed by atoms with Crippen LogP contribution in [-0.2, 0) is 0 Å². The Morgan fingerprint density at radius 3 is 2.33 bits per heavy atom. The first-order chi connectivity index (χ1) is 7.18. The van der Waals surface area contributed by atoms with Gasteiger partial charge in [-0.05, 0) is 36.2 Å². The van der Waals surface area contributed by atoms with Crippen LogP contribution in [0.2, 0.25) is 10.0 Å². The summed E-state index contributed by atoms with van der Waals surface area (Å²) >= 11 is 12.1. The third kappa shape index (κ3) is 2.17. The van der Waals surface area contributed by atoms with Gasteiger partial charge in [0.15, 0.2) is 0 Å².